The second kappa shape index (κ2) is 4.78. The van der Waals surface area contributed by atoms with Crippen LogP contribution < -0.4 is 5.73 Å². The highest BCUT2D eigenvalue weighted by atomic mass is 35.5. The molecule has 96 valence electrons. The van der Waals surface area contributed by atoms with E-state index in [1.807, 2.05) is 0 Å². The van der Waals surface area contributed by atoms with Crippen molar-refractivity contribution in [3.8, 4) is 0 Å². The Balaban J connectivity index is 2.38. The molecular weight excluding hydrogens is 285 g/mol. The molecule has 0 amide bonds. The molecule has 7 heteroatoms. The monoisotopic (exact) mass is 292 g/mol. The van der Waals surface area contributed by atoms with Gasteiger partial charge >= 0.3 is 6.18 Å². The Morgan fingerprint density at radius 1 is 1.33 bits per heavy atom. The summed E-state index contributed by atoms with van der Waals surface area (Å²) >= 11 is 6.77. The highest BCUT2D eigenvalue weighted by Crippen LogP contribution is 2.35. The van der Waals surface area contributed by atoms with Gasteiger partial charge in [-0.15, -0.1) is 11.3 Å². The average Bonchev–Trinajstić information content (AvgIpc) is 2.65. The van der Waals surface area contributed by atoms with E-state index in [0.717, 1.165) is 6.07 Å². The second-order valence-corrected chi connectivity index (χ2v) is 5.22. The Morgan fingerprint density at radius 2 is 2.06 bits per heavy atom. The molecule has 0 aliphatic heterocycles. The number of alkyl halides is 3. The summed E-state index contributed by atoms with van der Waals surface area (Å²) in [5.41, 5.74) is 4.89. The number of halogens is 4. The molecule has 2 rings (SSSR count). The summed E-state index contributed by atoms with van der Waals surface area (Å²) in [6, 6.07) is 3.75. The molecule has 0 saturated carbocycles. The van der Waals surface area contributed by atoms with E-state index >= 15 is 0 Å². The first kappa shape index (κ1) is 13.2. The molecule has 0 fully saturated rings. The largest absolute Gasteiger partial charge is 0.416 e. The summed E-state index contributed by atoms with van der Waals surface area (Å²) in [6.45, 7) is 0. The fraction of sp³-hybridized carbons (Fsp3) is 0.182. The lowest BCUT2D eigenvalue weighted by Crippen LogP contribution is -2.09. The molecule has 1 aromatic carbocycles. The van der Waals surface area contributed by atoms with Crippen LogP contribution in [0.1, 0.15) is 16.0 Å². The van der Waals surface area contributed by atoms with Crippen LogP contribution in [0.15, 0.2) is 24.4 Å². The molecule has 2 aromatic rings. The van der Waals surface area contributed by atoms with E-state index in [0.29, 0.717) is 10.0 Å². The van der Waals surface area contributed by atoms with Crippen LogP contribution in [-0.2, 0) is 12.6 Å². The van der Waals surface area contributed by atoms with Gasteiger partial charge in [0.1, 0.15) is 0 Å². The van der Waals surface area contributed by atoms with Crippen molar-refractivity contribution < 1.29 is 13.2 Å². The number of benzene rings is 1. The van der Waals surface area contributed by atoms with Crippen LogP contribution in [0, 0.1) is 0 Å². The smallest absolute Gasteiger partial charge is 0.375 e. The van der Waals surface area contributed by atoms with Gasteiger partial charge in [-0.2, -0.15) is 13.2 Å². The van der Waals surface area contributed by atoms with Crippen LogP contribution in [0.25, 0.3) is 0 Å². The molecule has 0 aliphatic rings. The Labute approximate surface area is 110 Å². The van der Waals surface area contributed by atoms with Crippen molar-refractivity contribution in [2.45, 2.75) is 12.6 Å². The van der Waals surface area contributed by atoms with E-state index in [9.17, 15) is 13.2 Å². The fourth-order valence-corrected chi connectivity index (χ4v) is 2.44. The van der Waals surface area contributed by atoms with E-state index in [1.165, 1.54) is 29.7 Å². The zero-order valence-corrected chi connectivity index (χ0v) is 10.5. The van der Waals surface area contributed by atoms with Crippen molar-refractivity contribution >= 4 is 28.1 Å². The third-order valence-corrected chi connectivity index (χ3v) is 3.38. The quantitative estimate of drug-likeness (QED) is 0.909. The van der Waals surface area contributed by atoms with Crippen LogP contribution in [0.4, 0.5) is 18.3 Å². The van der Waals surface area contributed by atoms with Gasteiger partial charge in [0.2, 0.25) is 0 Å². The molecule has 18 heavy (non-hydrogen) atoms. The molecule has 0 spiro atoms. The Morgan fingerprint density at radius 3 is 2.61 bits per heavy atom. The van der Waals surface area contributed by atoms with Crippen molar-refractivity contribution in [2.75, 3.05) is 5.73 Å². The Bertz CT molecular complexity index is 566. The zero-order chi connectivity index (χ0) is 13.3. The first-order valence-corrected chi connectivity index (χ1v) is 6.11. The maximum absolute atomic E-state index is 12.8. The van der Waals surface area contributed by atoms with Gasteiger partial charge in [-0.1, -0.05) is 17.7 Å². The number of rotatable bonds is 2. The minimum absolute atomic E-state index is 0.0647. The number of hydrogen-bond donors (Lipinski definition) is 1. The molecule has 2 nitrogen and oxygen atoms in total. The van der Waals surface area contributed by atoms with Crippen LogP contribution in [-0.4, -0.2) is 4.98 Å². The van der Waals surface area contributed by atoms with Gasteiger partial charge in [0.05, 0.1) is 5.56 Å². The molecule has 0 aliphatic carbocycles. The highest BCUT2D eigenvalue weighted by molar-refractivity contribution is 7.15. The van der Waals surface area contributed by atoms with E-state index in [-0.39, 0.29) is 17.0 Å². The molecule has 0 unspecified atom stereocenters. The third kappa shape index (κ3) is 2.94. The summed E-state index contributed by atoms with van der Waals surface area (Å²) in [6.07, 6.45) is -2.80. The number of hydrogen-bond acceptors (Lipinski definition) is 3. The lowest BCUT2D eigenvalue weighted by Gasteiger charge is -2.12. The molecule has 0 radical (unpaired) electrons. The lowest BCUT2D eigenvalue weighted by molar-refractivity contribution is -0.138. The normalized spacial score (nSPS) is 11.8. The number of nitrogen functional groups attached to an aromatic ring is 1. The Hall–Kier alpha value is -1.27. The van der Waals surface area contributed by atoms with Crippen molar-refractivity contribution in [2.24, 2.45) is 0 Å². The van der Waals surface area contributed by atoms with E-state index < -0.39 is 11.7 Å². The first-order valence-electron chi connectivity index (χ1n) is 4.92. The molecule has 0 bridgehead atoms. The fourth-order valence-electron chi connectivity index (χ4n) is 1.56. The number of nitrogens with two attached hydrogens (primary N) is 1. The summed E-state index contributed by atoms with van der Waals surface area (Å²) in [5, 5.41) is 0.405. The van der Waals surface area contributed by atoms with Crippen molar-refractivity contribution in [3.05, 3.63) is 45.4 Å². The molecule has 2 N–H and O–H groups in total. The summed E-state index contributed by atoms with van der Waals surface area (Å²) in [7, 11) is 0. The van der Waals surface area contributed by atoms with Gasteiger partial charge in [0.15, 0.2) is 5.13 Å². The SMILES string of the molecule is Nc1ncc(Cc2ccc(Cl)cc2C(F)(F)F)s1. The van der Waals surface area contributed by atoms with Crippen LogP contribution in [0.3, 0.4) is 0 Å². The summed E-state index contributed by atoms with van der Waals surface area (Å²) in [5.74, 6) is 0. The standard InChI is InChI=1S/C11H8ClF3N2S/c12-7-2-1-6(9(4-7)11(13,14)15)3-8-5-17-10(16)18-8/h1-2,4-5H,3H2,(H2,16,17). The predicted molar refractivity (Wildman–Crippen MR) is 65.8 cm³/mol. The highest BCUT2D eigenvalue weighted by Gasteiger charge is 2.33. The molecule has 1 aromatic heterocycles. The van der Waals surface area contributed by atoms with Gasteiger partial charge < -0.3 is 5.73 Å². The number of thiazole rings is 1. The summed E-state index contributed by atoms with van der Waals surface area (Å²) < 4.78 is 38.5. The third-order valence-electron chi connectivity index (χ3n) is 2.31. The van der Waals surface area contributed by atoms with Crippen LogP contribution in [0.5, 0.6) is 0 Å². The van der Waals surface area contributed by atoms with Gasteiger partial charge in [-0.3, -0.25) is 0 Å². The maximum atomic E-state index is 12.8. The maximum Gasteiger partial charge on any atom is 0.416 e. The number of nitrogens with zero attached hydrogens (tertiary/aromatic N) is 1. The van der Waals surface area contributed by atoms with Crippen molar-refractivity contribution in [1.82, 2.24) is 4.98 Å². The number of anilines is 1. The summed E-state index contributed by atoms with van der Waals surface area (Å²) in [4.78, 5) is 4.49. The zero-order valence-electron chi connectivity index (χ0n) is 8.96. The predicted octanol–water partition coefficient (Wildman–Crippen LogP) is 3.99. The van der Waals surface area contributed by atoms with Crippen LogP contribution in [0.2, 0.25) is 5.02 Å². The van der Waals surface area contributed by atoms with Crippen molar-refractivity contribution in [1.29, 1.82) is 0 Å². The molecular formula is C11H8ClF3N2S. The van der Waals surface area contributed by atoms with Gasteiger partial charge in [-0.05, 0) is 17.7 Å². The van der Waals surface area contributed by atoms with E-state index in [4.69, 9.17) is 17.3 Å². The molecule has 1 heterocycles. The first-order chi connectivity index (χ1) is 8.36. The topological polar surface area (TPSA) is 38.9 Å². The van der Waals surface area contributed by atoms with E-state index in [1.54, 1.807) is 0 Å². The second-order valence-electron chi connectivity index (χ2n) is 3.64. The van der Waals surface area contributed by atoms with Gasteiger partial charge in [0, 0.05) is 22.5 Å². The van der Waals surface area contributed by atoms with Crippen LogP contribution >= 0.6 is 22.9 Å². The van der Waals surface area contributed by atoms with Gasteiger partial charge in [-0.25, -0.2) is 4.98 Å². The van der Waals surface area contributed by atoms with E-state index in [2.05, 4.69) is 4.98 Å². The van der Waals surface area contributed by atoms with Crippen molar-refractivity contribution in [3.63, 3.8) is 0 Å². The molecule has 0 atom stereocenters. The van der Waals surface area contributed by atoms with Gasteiger partial charge in [0.25, 0.3) is 0 Å². The average molecular weight is 293 g/mol. The molecule has 0 saturated heterocycles. The minimum Gasteiger partial charge on any atom is -0.375 e. The Kier molecular flexibility index (Phi) is 3.49. The number of aromatic nitrogens is 1. The minimum atomic E-state index is -4.42. The lowest BCUT2D eigenvalue weighted by atomic mass is 10.0.